The van der Waals surface area contributed by atoms with Crippen LogP contribution in [-0.4, -0.2) is 4.98 Å². The Morgan fingerprint density at radius 1 is 0.421 bits per heavy atom. The van der Waals surface area contributed by atoms with Crippen LogP contribution in [0, 0.1) is 0 Å². The highest BCUT2D eigenvalue weighted by Gasteiger charge is 2.46. The lowest BCUT2D eigenvalue weighted by Crippen LogP contribution is -2.28. The third kappa shape index (κ3) is 5.22. The standard InChI is InChI=1S/C55H38N2/c1-3-16-39(17-4-1)55(40-18-5-2-6-19-40)49-25-11-9-23-47(49)54-46(24-15-26-50(54)55)44-34-33-41(42-20-7-8-21-43(42)44)37-29-31-38(32-30-37)48-36-53(52-28-13-14-35-56-52)57-51-27-12-10-22-45(48)51/h1-36,52,56H. The number of fused-ring (bicyclic) bond motifs is 5. The predicted octanol–water partition coefficient (Wildman–Crippen LogP) is 13.5. The van der Waals surface area contributed by atoms with E-state index in [4.69, 9.17) is 4.98 Å². The van der Waals surface area contributed by atoms with E-state index in [1.54, 1.807) is 0 Å². The van der Waals surface area contributed by atoms with Crippen molar-refractivity contribution in [3.63, 3.8) is 0 Å². The van der Waals surface area contributed by atoms with Crippen LogP contribution in [0.3, 0.4) is 0 Å². The first-order chi connectivity index (χ1) is 28.3. The van der Waals surface area contributed by atoms with Crippen LogP contribution >= 0.6 is 0 Å². The number of aromatic nitrogens is 1. The number of benzene rings is 8. The SMILES string of the molecule is C1=CNC(c2cc(-c3ccc(-c4ccc(-c5cccc6c5-c5ccccc5C6(c5ccccc5)c5ccccc5)c5ccccc45)cc3)c3ccccc3n2)C=C1. The Balaban J connectivity index is 1.05. The molecule has 0 bridgehead atoms. The molecule has 8 aromatic carbocycles. The molecule has 0 spiro atoms. The van der Waals surface area contributed by atoms with Crippen LogP contribution in [0.4, 0.5) is 0 Å². The van der Waals surface area contributed by atoms with E-state index in [1.807, 2.05) is 12.3 Å². The van der Waals surface area contributed by atoms with Crippen molar-refractivity contribution in [3.8, 4) is 44.5 Å². The van der Waals surface area contributed by atoms with Crippen LogP contribution in [0.2, 0.25) is 0 Å². The number of nitrogens with one attached hydrogen (secondary N) is 1. The van der Waals surface area contributed by atoms with Gasteiger partial charge in [-0.1, -0.05) is 194 Å². The van der Waals surface area contributed by atoms with Gasteiger partial charge in [-0.05, 0) is 102 Å². The number of pyridine rings is 1. The van der Waals surface area contributed by atoms with Gasteiger partial charge in [-0.2, -0.15) is 0 Å². The van der Waals surface area contributed by atoms with Gasteiger partial charge in [0, 0.05) is 5.39 Å². The van der Waals surface area contributed by atoms with E-state index in [1.165, 1.54) is 77.5 Å². The van der Waals surface area contributed by atoms with Gasteiger partial charge in [0.2, 0.25) is 0 Å². The molecule has 11 rings (SSSR count). The summed E-state index contributed by atoms with van der Waals surface area (Å²) in [6.07, 6.45) is 8.23. The van der Waals surface area contributed by atoms with Gasteiger partial charge in [0.1, 0.15) is 0 Å². The Morgan fingerprint density at radius 2 is 1.00 bits per heavy atom. The summed E-state index contributed by atoms with van der Waals surface area (Å²) >= 11 is 0. The molecule has 57 heavy (non-hydrogen) atoms. The van der Waals surface area contributed by atoms with E-state index in [0.29, 0.717) is 0 Å². The molecular weight excluding hydrogens is 689 g/mol. The maximum absolute atomic E-state index is 5.04. The minimum atomic E-state index is -0.441. The van der Waals surface area contributed by atoms with E-state index in [2.05, 4.69) is 212 Å². The molecule has 2 heteroatoms. The van der Waals surface area contributed by atoms with E-state index >= 15 is 0 Å². The van der Waals surface area contributed by atoms with Gasteiger partial charge in [-0.25, -0.2) is 0 Å². The molecule has 1 aliphatic heterocycles. The van der Waals surface area contributed by atoms with Gasteiger partial charge in [-0.15, -0.1) is 0 Å². The molecule has 1 aromatic heterocycles. The van der Waals surface area contributed by atoms with Crippen molar-refractivity contribution in [1.29, 1.82) is 0 Å². The van der Waals surface area contributed by atoms with Gasteiger partial charge in [-0.3, -0.25) is 4.98 Å². The minimum absolute atomic E-state index is 0.0370. The molecule has 2 heterocycles. The van der Waals surface area contributed by atoms with Crippen molar-refractivity contribution in [2.24, 2.45) is 0 Å². The van der Waals surface area contributed by atoms with E-state index < -0.39 is 5.41 Å². The molecule has 268 valence electrons. The molecule has 0 amide bonds. The molecule has 1 aliphatic carbocycles. The fourth-order valence-electron chi connectivity index (χ4n) is 9.56. The first-order valence-corrected chi connectivity index (χ1v) is 19.8. The fourth-order valence-corrected chi connectivity index (χ4v) is 9.56. The Morgan fingerprint density at radius 3 is 1.72 bits per heavy atom. The maximum Gasteiger partial charge on any atom is 0.0869 e. The first-order valence-electron chi connectivity index (χ1n) is 19.8. The summed E-state index contributed by atoms with van der Waals surface area (Å²) in [7, 11) is 0. The Hall–Kier alpha value is -7.29. The summed E-state index contributed by atoms with van der Waals surface area (Å²) < 4.78 is 0. The largest absolute Gasteiger partial charge is 0.379 e. The Labute approximate surface area is 333 Å². The highest BCUT2D eigenvalue weighted by atomic mass is 14.9. The van der Waals surface area contributed by atoms with Gasteiger partial charge >= 0.3 is 0 Å². The highest BCUT2D eigenvalue weighted by Crippen LogP contribution is 2.58. The summed E-state index contributed by atoms with van der Waals surface area (Å²) in [5.41, 5.74) is 16.6. The molecule has 1 N–H and O–H groups in total. The Kier molecular flexibility index (Phi) is 7.82. The number of para-hydroxylation sites is 1. The van der Waals surface area contributed by atoms with Crippen molar-refractivity contribution < 1.29 is 0 Å². The summed E-state index contributed by atoms with van der Waals surface area (Å²) in [6, 6.07) is 71.4. The summed E-state index contributed by atoms with van der Waals surface area (Å²) in [5, 5.41) is 7.09. The second-order valence-electron chi connectivity index (χ2n) is 15.0. The van der Waals surface area contributed by atoms with Crippen molar-refractivity contribution in [3.05, 3.63) is 246 Å². The summed E-state index contributed by atoms with van der Waals surface area (Å²) in [5.74, 6) is 0. The second kappa shape index (κ2) is 13.5. The zero-order valence-corrected chi connectivity index (χ0v) is 31.3. The number of dihydropyridines is 1. The second-order valence-corrected chi connectivity index (χ2v) is 15.0. The van der Waals surface area contributed by atoms with Crippen molar-refractivity contribution in [2.45, 2.75) is 11.5 Å². The van der Waals surface area contributed by atoms with Gasteiger partial charge in [0.25, 0.3) is 0 Å². The third-order valence-corrected chi connectivity index (χ3v) is 12.0. The molecule has 0 saturated heterocycles. The van der Waals surface area contributed by atoms with Crippen LogP contribution in [-0.2, 0) is 5.41 Å². The molecular formula is C55H38N2. The number of nitrogens with zero attached hydrogens (tertiary/aromatic N) is 1. The normalized spacial score (nSPS) is 15.0. The van der Waals surface area contributed by atoms with Gasteiger partial charge in [0.15, 0.2) is 0 Å². The van der Waals surface area contributed by atoms with E-state index in [0.717, 1.165) is 16.6 Å². The van der Waals surface area contributed by atoms with Crippen LogP contribution in [0.5, 0.6) is 0 Å². The number of hydrogen-bond acceptors (Lipinski definition) is 2. The number of hydrogen-bond donors (Lipinski definition) is 1. The van der Waals surface area contributed by atoms with Crippen LogP contribution < -0.4 is 5.32 Å². The lowest BCUT2D eigenvalue weighted by atomic mass is 9.67. The van der Waals surface area contributed by atoms with Gasteiger partial charge < -0.3 is 5.32 Å². The van der Waals surface area contributed by atoms with Crippen LogP contribution in [0.25, 0.3) is 66.2 Å². The highest BCUT2D eigenvalue weighted by molar-refractivity contribution is 6.08. The minimum Gasteiger partial charge on any atom is -0.379 e. The first kappa shape index (κ1) is 33.1. The zero-order valence-electron chi connectivity index (χ0n) is 31.3. The number of allylic oxidation sites excluding steroid dienone is 2. The predicted molar refractivity (Wildman–Crippen MR) is 237 cm³/mol. The lowest BCUT2D eigenvalue weighted by molar-refractivity contribution is 0.725. The summed E-state index contributed by atoms with van der Waals surface area (Å²) in [4.78, 5) is 5.04. The van der Waals surface area contributed by atoms with Crippen molar-refractivity contribution in [1.82, 2.24) is 10.3 Å². The third-order valence-electron chi connectivity index (χ3n) is 12.0. The number of rotatable bonds is 6. The van der Waals surface area contributed by atoms with Crippen LogP contribution in [0.15, 0.2) is 219 Å². The fraction of sp³-hybridized carbons (Fsp3) is 0.0364. The molecule has 2 aliphatic rings. The smallest absolute Gasteiger partial charge is 0.0869 e. The van der Waals surface area contributed by atoms with Crippen molar-refractivity contribution >= 4 is 21.7 Å². The lowest BCUT2D eigenvalue weighted by Gasteiger charge is -2.34. The average Bonchev–Trinajstić information content (AvgIpc) is 3.61. The monoisotopic (exact) mass is 726 g/mol. The zero-order chi connectivity index (χ0) is 37.8. The molecule has 9 aromatic rings. The quantitative estimate of drug-likeness (QED) is 0.185. The van der Waals surface area contributed by atoms with E-state index in [-0.39, 0.29) is 6.04 Å². The maximum atomic E-state index is 5.04. The molecule has 0 saturated carbocycles. The van der Waals surface area contributed by atoms with Crippen LogP contribution in [0.1, 0.15) is 34.0 Å². The molecule has 0 radical (unpaired) electrons. The average molecular weight is 727 g/mol. The molecule has 0 fully saturated rings. The molecule has 2 nitrogen and oxygen atoms in total. The van der Waals surface area contributed by atoms with E-state index in [9.17, 15) is 0 Å². The molecule has 1 atom stereocenters. The summed E-state index contributed by atoms with van der Waals surface area (Å²) in [6.45, 7) is 0. The van der Waals surface area contributed by atoms with Gasteiger partial charge in [0.05, 0.1) is 22.7 Å². The Bertz CT molecular complexity index is 2990. The van der Waals surface area contributed by atoms with Crippen molar-refractivity contribution in [2.75, 3.05) is 0 Å². The topological polar surface area (TPSA) is 24.9 Å². The molecule has 1 unspecified atom stereocenters.